The molecule has 2 aromatic carbocycles. The summed E-state index contributed by atoms with van der Waals surface area (Å²) in [5, 5.41) is 3.89. The molecule has 1 aliphatic heterocycles. The van der Waals surface area contributed by atoms with Crippen LogP contribution < -0.4 is 10.2 Å². The van der Waals surface area contributed by atoms with Crippen molar-refractivity contribution in [1.82, 2.24) is 9.88 Å². The van der Waals surface area contributed by atoms with Gasteiger partial charge >= 0.3 is 0 Å². The van der Waals surface area contributed by atoms with Gasteiger partial charge in [-0.2, -0.15) is 0 Å². The highest BCUT2D eigenvalue weighted by molar-refractivity contribution is 7.18. The Kier molecular flexibility index (Phi) is 5.34. The number of rotatable bonds is 4. The van der Waals surface area contributed by atoms with Crippen LogP contribution in [-0.4, -0.2) is 41.3 Å². The fraction of sp³-hybridized carbons (Fsp3) is 0.318. The largest absolute Gasteiger partial charge is 0.324 e. The molecule has 29 heavy (non-hydrogen) atoms. The van der Waals surface area contributed by atoms with E-state index in [4.69, 9.17) is 4.98 Å². The van der Waals surface area contributed by atoms with Crippen LogP contribution in [0.1, 0.15) is 31.3 Å². The van der Waals surface area contributed by atoms with Crippen LogP contribution in [0.25, 0.3) is 10.2 Å². The SMILES string of the molecule is C[C@@H](c1nc2ccccc2s1)N(C)CC(=O)N1c2ccccc2NC(=O)C[C@@H]1C. The molecule has 4 rings (SSSR count). The molecule has 2 amide bonds. The van der Waals surface area contributed by atoms with Crippen molar-refractivity contribution in [3.05, 3.63) is 53.5 Å². The van der Waals surface area contributed by atoms with Gasteiger partial charge in [-0.3, -0.25) is 14.5 Å². The van der Waals surface area contributed by atoms with Crippen molar-refractivity contribution in [2.75, 3.05) is 23.8 Å². The maximum absolute atomic E-state index is 13.3. The number of carbonyl (C=O) groups is 2. The maximum atomic E-state index is 13.3. The molecule has 2 heterocycles. The van der Waals surface area contributed by atoms with Crippen LogP contribution in [-0.2, 0) is 9.59 Å². The molecule has 6 nitrogen and oxygen atoms in total. The van der Waals surface area contributed by atoms with Gasteiger partial charge in [0.25, 0.3) is 0 Å². The highest BCUT2D eigenvalue weighted by Crippen LogP contribution is 2.32. The Balaban J connectivity index is 1.55. The number of para-hydroxylation sites is 3. The third-order valence-electron chi connectivity index (χ3n) is 5.34. The second-order valence-corrected chi connectivity index (χ2v) is 8.56. The van der Waals surface area contributed by atoms with E-state index in [0.717, 1.165) is 20.9 Å². The van der Waals surface area contributed by atoms with Gasteiger partial charge in [0.2, 0.25) is 11.8 Å². The zero-order valence-electron chi connectivity index (χ0n) is 16.8. The lowest BCUT2D eigenvalue weighted by Gasteiger charge is -2.31. The molecular formula is C22H24N4O2S. The first-order valence-electron chi connectivity index (χ1n) is 9.70. The van der Waals surface area contributed by atoms with Crippen molar-refractivity contribution in [2.24, 2.45) is 0 Å². The van der Waals surface area contributed by atoms with Crippen LogP contribution in [0.5, 0.6) is 0 Å². The number of hydrogen-bond donors (Lipinski definition) is 1. The lowest BCUT2D eigenvalue weighted by Crippen LogP contribution is -2.44. The van der Waals surface area contributed by atoms with Crippen molar-refractivity contribution in [3.8, 4) is 0 Å². The Morgan fingerprint density at radius 3 is 2.79 bits per heavy atom. The lowest BCUT2D eigenvalue weighted by molar-refractivity contribution is -0.120. The third-order valence-corrected chi connectivity index (χ3v) is 6.55. The molecule has 0 spiro atoms. The number of anilines is 2. The van der Waals surface area contributed by atoms with E-state index in [9.17, 15) is 9.59 Å². The van der Waals surface area contributed by atoms with E-state index in [1.54, 1.807) is 16.2 Å². The monoisotopic (exact) mass is 408 g/mol. The molecule has 0 aliphatic carbocycles. The van der Waals surface area contributed by atoms with Gasteiger partial charge in [0, 0.05) is 12.5 Å². The number of fused-ring (bicyclic) bond motifs is 2. The van der Waals surface area contributed by atoms with E-state index >= 15 is 0 Å². The first kappa shape index (κ1) is 19.5. The van der Waals surface area contributed by atoms with E-state index < -0.39 is 0 Å². The molecule has 0 saturated carbocycles. The molecule has 0 saturated heterocycles. The second kappa shape index (κ2) is 7.93. The highest BCUT2D eigenvalue weighted by atomic mass is 32.1. The quantitative estimate of drug-likeness (QED) is 0.707. The molecule has 0 unspecified atom stereocenters. The maximum Gasteiger partial charge on any atom is 0.241 e. The summed E-state index contributed by atoms with van der Waals surface area (Å²) in [5.74, 6) is -0.103. The highest BCUT2D eigenvalue weighted by Gasteiger charge is 2.31. The van der Waals surface area contributed by atoms with Gasteiger partial charge in [-0.1, -0.05) is 24.3 Å². The van der Waals surface area contributed by atoms with E-state index in [1.165, 1.54) is 0 Å². The standard InChI is InChI=1S/C22H24N4O2S/c1-14-12-20(27)23-16-8-4-6-10-18(16)26(14)21(28)13-25(3)15(2)22-24-17-9-5-7-11-19(17)29-22/h4-11,14-15H,12-13H2,1-3H3,(H,23,27)/t14-,15-/m0/s1. The summed E-state index contributed by atoms with van der Waals surface area (Å²) in [5.41, 5.74) is 2.41. The smallest absolute Gasteiger partial charge is 0.241 e. The van der Waals surface area contributed by atoms with Crippen LogP contribution >= 0.6 is 11.3 Å². The number of likely N-dealkylation sites (N-methyl/N-ethyl adjacent to an activating group) is 1. The molecule has 2 atom stereocenters. The van der Waals surface area contributed by atoms with Crippen molar-refractivity contribution in [3.63, 3.8) is 0 Å². The van der Waals surface area contributed by atoms with Gasteiger partial charge in [0.05, 0.1) is 34.2 Å². The summed E-state index contributed by atoms with van der Waals surface area (Å²) < 4.78 is 1.15. The van der Waals surface area contributed by atoms with E-state index in [1.807, 2.05) is 61.3 Å². The van der Waals surface area contributed by atoms with Crippen molar-refractivity contribution >= 4 is 44.7 Å². The first-order valence-corrected chi connectivity index (χ1v) is 10.5. The number of aromatic nitrogens is 1. The van der Waals surface area contributed by atoms with Crippen molar-refractivity contribution in [1.29, 1.82) is 0 Å². The summed E-state index contributed by atoms with van der Waals surface area (Å²) in [7, 11) is 1.94. The minimum atomic E-state index is -0.211. The summed E-state index contributed by atoms with van der Waals surface area (Å²) in [4.78, 5) is 33.9. The van der Waals surface area contributed by atoms with Gasteiger partial charge in [-0.05, 0) is 45.2 Å². The number of carbonyl (C=O) groups excluding carboxylic acids is 2. The number of benzene rings is 2. The zero-order chi connectivity index (χ0) is 20.5. The fourth-order valence-corrected chi connectivity index (χ4v) is 4.74. The number of amides is 2. The van der Waals surface area contributed by atoms with Crippen molar-refractivity contribution in [2.45, 2.75) is 32.4 Å². The predicted octanol–water partition coefficient (Wildman–Crippen LogP) is 4.05. The first-order chi connectivity index (χ1) is 13.9. The van der Waals surface area contributed by atoms with Gasteiger partial charge in [0.1, 0.15) is 5.01 Å². The lowest BCUT2D eigenvalue weighted by atomic mass is 10.1. The van der Waals surface area contributed by atoms with Crippen LogP contribution in [0.4, 0.5) is 11.4 Å². The van der Waals surface area contributed by atoms with Crippen LogP contribution in [0.2, 0.25) is 0 Å². The molecule has 0 bridgehead atoms. The Bertz CT molecular complexity index is 1030. The number of thiazole rings is 1. The Hall–Kier alpha value is -2.77. The Morgan fingerprint density at radius 2 is 2.00 bits per heavy atom. The average molecular weight is 409 g/mol. The molecule has 150 valence electrons. The van der Waals surface area contributed by atoms with Crippen LogP contribution in [0.15, 0.2) is 48.5 Å². The van der Waals surface area contributed by atoms with Gasteiger partial charge < -0.3 is 10.2 Å². The molecule has 0 fully saturated rings. The Morgan fingerprint density at radius 1 is 1.28 bits per heavy atom. The van der Waals surface area contributed by atoms with E-state index in [0.29, 0.717) is 5.69 Å². The second-order valence-electron chi connectivity index (χ2n) is 7.49. The number of nitrogens with one attached hydrogen (secondary N) is 1. The van der Waals surface area contributed by atoms with E-state index in [2.05, 4.69) is 18.3 Å². The molecule has 1 aromatic heterocycles. The summed E-state index contributed by atoms with van der Waals surface area (Å²) in [6.45, 7) is 4.22. The number of nitrogens with zero attached hydrogens (tertiary/aromatic N) is 3. The minimum Gasteiger partial charge on any atom is -0.324 e. The summed E-state index contributed by atoms with van der Waals surface area (Å²) in [6, 6.07) is 15.3. The van der Waals surface area contributed by atoms with Crippen LogP contribution in [0, 0.1) is 0 Å². The van der Waals surface area contributed by atoms with Gasteiger partial charge in [-0.25, -0.2) is 4.98 Å². The molecule has 3 aromatic rings. The summed E-state index contributed by atoms with van der Waals surface area (Å²) in [6.07, 6.45) is 0.275. The minimum absolute atomic E-state index is 0.00800. The molecule has 7 heteroatoms. The van der Waals surface area contributed by atoms with Gasteiger partial charge in [0.15, 0.2) is 0 Å². The van der Waals surface area contributed by atoms with Crippen LogP contribution in [0.3, 0.4) is 0 Å². The molecular weight excluding hydrogens is 384 g/mol. The molecule has 0 radical (unpaired) electrons. The summed E-state index contributed by atoms with van der Waals surface area (Å²) >= 11 is 1.66. The zero-order valence-corrected chi connectivity index (χ0v) is 17.6. The predicted molar refractivity (Wildman–Crippen MR) is 117 cm³/mol. The normalized spacial score (nSPS) is 17.7. The van der Waals surface area contributed by atoms with Gasteiger partial charge in [-0.15, -0.1) is 11.3 Å². The Labute approximate surface area is 174 Å². The topological polar surface area (TPSA) is 65.5 Å². The van der Waals surface area contributed by atoms with E-state index in [-0.39, 0.29) is 36.9 Å². The fourth-order valence-electron chi connectivity index (χ4n) is 3.65. The third kappa shape index (κ3) is 3.88. The average Bonchev–Trinajstić information content (AvgIpc) is 3.07. The number of hydrogen-bond acceptors (Lipinski definition) is 5. The molecule has 1 aliphatic rings. The van der Waals surface area contributed by atoms with Crippen molar-refractivity contribution < 1.29 is 9.59 Å². The molecule has 1 N–H and O–H groups in total.